The van der Waals surface area contributed by atoms with Gasteiger partial charge in [-0.05, 0) is 85.1 Å². The van der Waals surface area contributed by atoms with Crippen LogP contribution in [0.25, 0.3) is 0 Å². The summed E-state index contributed by atoms with van der Waals surface area (Å²) in [4.78, 5) is 24.2. The van der Waals surface area contributed by atoms with E-state index in [1.54, 1.807) is 42.5 Å². The number of halogens is 2. The SMILES string of the molecule is Cc1ccc(NC(=O)COc2ccc(/C=N/NC(=O)c3ccc(Cl)cc3)cc2Cl)cc1C. The minimum atomic E-state index is -0.362. The number of carbonyl (C=O) groups excluding carboxylic acids is 2. The number of ether oxygens (including phenoxy) is 1. The molecule has 0 aliphatic heterocycles. The maximum absolute atomic E-state index is 12.2. The summed E-state index contributed by atoms with van der Waals surface area (Å²) in [6, 6.07) is 17.1. The van der Waals surface area contributed by atoms with Gasteiger partial charge in [0, 0.05) is 16.3 Å². The van der Waals surface area contributed by atoms with Crippen molar-refractivity contribution in [3.8, 4) is 5.75 Å². The van der Waals surface area contributed by atoms with Crippen LogP contribution in [-0.4, -0.2) is 24.6 Å². The maximum atomic E-state index is 12.2. The molecule has 0 unspecified atom stereocenters. The first-order chi connectivity index (χ1) is 15.3. The van der Waals surface area contributed by atoms with Crippen molar-refractivity contribution in [3.05, 3.63) is 93.0 Å². The van der Waals surface area contributed by atoms with E-state index in [4.69, 9.17) is 27.9 Å². The van der Waals surface area contributed by atoms with Gasteiger partial charge in [0.2, 0.25) is 0 Å². The summed E-state index contributed by atoms with van der Waals surface area (Å²) in [6.07, 6.45) is 1.45. The third kappa shape index (κ3) is 6.57. The molecule has 0 radical (unpaired) electrons. The summed E-state index contributed by atoms with van der Waals surface area (Å²) >= 11 is 12.1. The summed E-state index contributed by atoms with van der Waals surface area (Å²) in [7, 11) is 0. The molecule has 0 aromatic heterocycles. The fourth-order valence-corrected chi connectivity index (χ4v) is 3.07. The van der Waals surface area contributed by atoms with Crippen LogP contribution in [0.2, 0.25) is 10.0 Å². The van der Waals surface area contributed by atoms with Gasteiger partial charge in [0.1, 0.15) is 5.75 Å². The second kappa shape index (κ2) is 10.8. The van der Waals surface area contributed by atoms with Gasteiger partial charge in [0.05, 0.1) is 11.2 Å². The summed E-state index contributed by atoms with van der Waals surface area (Å²) in [5.74, 6) is -0.289. The predicted molar refractivity (Wildman–Crippen MR) is 128 cm³/mol. The van der Waals surface area contributed by atoms with E-state index in [1.807, 2.05) is 32.0 Å². The van der Waals surface area contributed by atoms with Gasteiger partial charge in [-0.25, -0.2) is 5.43 Å². The first-order valence-corrected chi connectivity index (χ1v) is 10.5. The Bertz CT molecular complexity index is 1160. The van der Waals surface area contributed by atoms with E-state index in [2.05, 4.69) is 15.8 Å². The van der Waals surface area contributed by atoms with Gasteiger partial charge in [0.25, 0.3) is 11.8 Å². The zero-order valence-electron chi connectivity index (χ0n) is 17.5. The highest BCUT2D eigenvalue weighted by Crippen LogP contribution is 2.25. The van der Waals surface area contributed by atoms with Gasteiger partial charge in [0.15, 0.2) is 6.61 Å². The van der Waals surface area contributed by atoms with E-state index < -0.39 is 0 Å². The zero-order chi connectivity index (χ0) is 23.1. The number of nitrogens with one attached hydrogen (secondary N) is 2. The Morgan fingerprint density at radius 1 is 0.969 bits per heavy atom. The van der Waals surface area contributed by atoms with Gasteiger partial charge in [-0.1, -0.05) is 29.3 Å². The van der Waals surface area contributed by atoms with Crippen molar-refractivity contribution in [2.45, 2.75) is 13.8 Å². The fraction of sp³-hybridized carbons (Fsp3) is 0.125. The third-order valence-corrected chi connectivity index (χ3v) is 5.14. The molecule has 8 heteroatoms. The number of aryl methyl sites for hydroxylation is 2. The van der Waals surface area contributed by atoms with Gasteiger partial charge in [-0.3, -0.25) is 9.59 Å². The molecule has 0 aliphatic carbocycles. The molecule has 3 aromatic rings. The standard InChI is InChI=1S/C24H21Cl2N3O3/c1-15-3-9-20(11-16(15)2)28-23(30)14-32-22-10-4-17(12-21(22)26)13-27-29-24(31)18-5-7-19(25)8-6-18/h3-13H,14H2,1-2H3,(H,28,30)(H,29,31)/b27-13+. The van der Waals surface area contributed by atoms with Gasteiger partial charge < -0.3 is 10.1 Å². The molecule has 0 atom stereocenters. The zero-order valence-corrected chi connectivity index (χ0v) is 19.0. The summed E-state index contributed by atoms with van der Waals surface area (Å²) in [6.45, 7) is 3.81. The fourth-order valence-electron chi connectivity index (χ4n) is 2.71. The van der Waals surface area contributed by atoms with Crippen LogP contribution < -0.4 is 15.5 Å². The number of hydrogen-bond donors (Lipinski definition) is 2. The van der Waals surface area contributed by atoms with E-state index in [0.29, 0.717) is 32.6 Å². The smallest absolute Gasteiger partial charge is 0.271 e. The van der Waals surface area contributed by atoms with Crippen molar-refractivity contribution >= 4 is 46.9 Å². The first kappa shape index (κ1) is 23.3. The lowest BCUT2D eigenvalue weighted by Crippen LogP contribution is -2.20. The molecule has 164 valence electrons. The normalized spacial score (nSPS) is 10.8. The molecule has 0 bridgehead atoms. The van der Waals surface area contributed by atoms with Gasteiger partial charge >= 0.3 is 0 Å². The van der Waals surface area contributed by atoms with E-state index >= 15 is 0 Å². The highest BCUT2D eigenvalue weighted by molar-refractivity contribution is 6.32. The minimum Gasteiger partial charge on any atom is -0.482 e. The number of anilines is 1. The Hall–Kier alpha value is -3.35. The van der Waals surface area contributed by atoms with Crippen LogP contribution in [0.1, 0.15) is 27.0 Å². The number of hydrazone groups is 1. The Labute approximate surface area is 196 Å². The van der Waals surface area contributed by atoms with Crippen LogP contribution in [0.4, 0.5) is 5.69 Å². The second-order valence-corrected chi connectivity index (χ2v) is 7.88. The van der Waals surface area contributed by atoms with Crippen molar-refractivity contribution in [1.82, 2.24) is 5.43 Å². The Morgan fingerprint density at radius 3 is 2.41 bits per heavy atom. The molecule has 0 saturated carbocycles. The van der Waals surface area contributed by atoms with Crippen molar-refractivity contribution in [2.24, 2.45) is 5.10 Å². The maximum Gasteiger partial charge on any atom is 0.271 e. The molecule has 0 aliphatic rings. The van der Waals surface area contributed by atoms with Crippen LogP contribution in [0.15, 0.2) is 65.8 Å². The quantitative estimate of drug-likeness (QED) is 0.359. The van der Waals surface area contributed by atoms with Gasteiger partial charge in [-0.15, -0.1) is 0 Å². The Morgan fingerprint density at radius 2 is 1.72 bits per heavy atom. The number of benzene rings is 3. The van der Waals surface area contributed by atoms with E-state index in [1.165, 1.54) is 6.21 Å². The molecule has 6 nitrogen and oxygen atoms in total. The molecular formula is C24H21Cl2N3O3. The molecule has 2 amide bonds. The predicted octanol–water partition coefficient (Wildman–Crippen LogP) is 5.39. The van der Waals surface area contributed by atoms with E-state index in [0.717, 1.165) is 11.1 Å². The number of nitrogens with zero attached hydrogens (tertiary/aromatic N) is 1. The molecule has 0 spiro atoms. The molecule has 3 rings (SSSR count). The number of amides is 2. The molecule has 32 heavy (non-hydrogen) atoms. The summed E-state index contributed by atoms with van der Waals surface area (Å²) < 4.78 is 5.52. The summed E-state index contributed by atoms with van der Waals surface area (Å²) in [5, 5.41) is 7.58. The minimum absolute atomic E-state index is 0.183. The van der Waals surface area contributed by atoms with Crippen LogP contribution in [0.3, 0.4) is 0 Å². The van der Waals surface area contributed by atoms with Crippen LogP contribution in [0.5, 0.6) is 5.75 Å². The van der Waals surface area contributed by atoms with Crippen LogP contribution >= 0.6 is 23.2 Å². The van der Waals surface area contributed by atoms with Crippen molar-refractivity contribution in [1.29, 1.82) is 0 Å². The lowest BCUT2D eigenvalue weighted by atomic mass is 10.1. The lowest BCUT2D eigenvalue weighted by molar-refractivity contribution is -0.118. The monoisotopic (exact) mass is 469 g/mol. The first-order valence-electron chi connectivity index (χ1n) is 9.70. The number of hydrogen-bond acceptors (Lipinski definition) is 4. The average Bonchev–Trinajstić information content (AvgIpc) is 2.76. The largest absolute Gasteiger partial charge is 0.482 e. The highest BCUT2D eigenvalue weighted by Gasteiger charge is 2.08. The highest BCUT2D eigenvalue weighted by atomic mass is 35.5. The Balaban J connectivity index is 1.52. The van der Waals surface area contributed by atoms with E-state index in [-0.39, 0.29) is 18.4 Å². The molecule has 0 fully saturated rings. The van der Waals surface area contributed by atoms with Crippen LogP contribution in [0, 0.1) is 13.8 Å². The second-order valence-electron chi connectivity index (χ2n) is 7.03. The summed E-state index contributed by atoms with van der Waals surface area (Å²) in [5.41, 5.74) is 6.47. The molecule has 3 aromatic carbocycles. The molecule has 0 heterocycles. The lowest BCUT2D eigenvalue weighted by Gasteiger charge is -2.10. The van der Waals surface area contributed by atoms with Crippen molar-refractivity contribution < 1.29 is 14.3 Å². The van der Waals surface area contributed by atoms with Crippen molar-refractivity contribution in [2.75, 3.05) is 11.9 Å². The Kier molecular flexibility index (Phi) is 7.87. The number of carbonyl (C=O) groups is 2. The van der Waals surface area contributed by atoms with E-state index in [9.17, 15) is 9.59 Å². The van der Waals surface area contributed by atoms with Crippen molar-refractivity contribution in [3.63, 3.8) is 0 Å². The average molecular weight is 470 g/mol. The molecular weight excluding hydrogens is 449 g/mol. The third-order valence-electron chi connectivity index (χ3n) is 4.59. The topological polar surface area (TPSA) is 79.8 Å². The molecule has 0 saturated heterocycles. The van der Waals surface area contributed by atoms with Gasteiger partial charge in [-0.2, -0.15) is 5.10 Å². The van der Waals surface area contributed by atoms with Crippen LogP contribution in [-0.2, 0) is 4.79 Å². The molecule has 2 N–H and O–H groups in total. The number of rotatable bonds is 7.